The highest BCUT2D eigenvalue weighted by molar-refractivity contribution is 6.06. The van der Waals surface area contributed by atoms with Crippen LogP contribution in [0, 0.1) is 12.9 Å². The molecule has 0 aliphatic heterocycles. The molecule has 0 aliphatic rings. The minimum Gasteiger partial charge on any atom is -0.321 e. The highest BCUT2D eigenvalue weighted by atomic mass is 19.1. The molecule has 128 valence electrons. The number of unbranched alkanes of at least 4 members (excludes halogenated alkanes) is 2. The van der Waals surface area contributed by atoms with Gasteiger partial charge in [-0.3, -0.25) is 4.79 Å². The lowest BCUT2D eigenvalue weighted by molar-refractivity contribution is 0.102. The summed E-state index contributed by atoms with van der Waals surface area (Å²) in [6.07, 6.45) is 5.44. The Hall–Kier alpha value is -2.43. The van der Waals surface area contributed by atoms with Crippen molar-refractivity contribution in [1.29, 1.82) is 0 Å². The van der Waals surface area contributed by atoms with Crippen molar-refractivity contribution < 1.29 is 9.18 Å². The molecule has 5 heteroatoms. The van der Waals surface area contributed by atoms with E-state index in [1.807, 2.05) is 31.2 Å². The molecule has 1 heterocycles. The second-order valence-corrected chi connectivity index (χ2v) is 5.90. The van der Waals surface area contributed by atoms with Crippen LogP contribution in [0.15, 0.2) is 30.3 Å². The van der Waals surface area contributed by atoms with Crippen molar-refractivity contribution in [3.05, 3.63) is 53.1 Å². The molecule has 0 fully saturated rings. The van der Waals surface area contributed by atoms with Gasteiger partial charge in [-0.15, -0.1) is 0 Å². The minimum absolute atomic E-state index is 0.0140. The standard InChI is InChI=1S/C19H24FN3O/c1-5-6-7-10-13(2)15-11-8-9-12-16(15)21-19(24)17-14(3)22-23(4)18(17)20/h8-12H,5-7H2,1-4H3,(H,21,24)/b13-10+. The summed E-state index contributed by atoms with van der Waals surface area (Å²) in [4.78, 5) is 12.5. The second-order valence-electron chi connectivity index (χ2n) is 5.90. The van der Waals surface area contributed by atoms with Crippen molar-refractivity contribution in [2.24, 2.45) is 7.05 Å². The number of rotatable bonds is 6. The minimum atomic E-state index is -0.627. The monoisotopic (exact) mass is 329 g/mol. The van der Waals surface area contributed by atoms with Gasteiger partial charge < -0.3 is 5.32 Å². The van der Waals surface area contributed by atoms with E-state index in [4.69, 9.17) is 0 Å². The lowest BCUT2D eigenvalue weighted by atomic mass is 10.0. The smallest absolute Gasteiger partial charge is 0.262 e. The lowest BCUT2D eigenvalue weighted by Crippen LogP contribution is -2.15. The summed E-state index contributed by atoms with van der Waals surface area (Å²) in [6, 6.07) is 7.57. The molecule has 4 nitrogen and oxygen atoms in total. The average Bonchev–Trinajstić information content (AvgIpc) is 2.80. The van der Waals surface area contributed by atoms with Gasteiger partial charge in [-0.2, -0.15) is 9.49 Å². The summed E-state index contributed by atoms with van der Waals surface area (Å²) in [5, 5.41) is 6.77. The Kier molecular flexibility index (Phi) is 5.90. The molecule has 2 aromatic rings. The average molecular weight is 329 g/mol. The van der Waals surface area contributed by atoms with Crippen LogP contribution in [0.3, 0.4) is 0 Å². The fourth-order valence-electron chi connectivity index (χ4n) is 2.64. The van der Waals surface area contributed by atoms with E-state index in [9.17, 15) is 9.18 Å². The number of amides is 1. The quantitative estimate of drug-likeness (QED) is 0.780. The van der Waals surface area contributed by atoms with Crippen molar-refractivity contribution >= 4 is 17.2 Å². The number of nitrogens with one attached hydrogen (secondary N) is 1. The van der Waals surface area contributed by atoms with Gasteiger partial charge in [0, 0.05) is 18.3 Å². The van der Waals surface area contributed by atoms with E-state index in [2.05, 4.69) is 23.4 Å². The fourth-order valence-corrected chi connectivity index (χ4v) is 2.64. The van der Waals surface area contributed by atoms with Crippen LogP contribution in [0.1, 0.15) is 54.7 Å². The number of halogens is 1. The van der Waals surface area contributed by atoms with Gasteiger partial charge in [-0.1, -0.05) is 44.0 Å². The molecule has 0 radical (unpaired) electrons. The van der Waals surface area contributed by atoms with Gasteiger partial charge in [0.2, 0.25) is 5.95 Å². The predicted octanol–water partition coefficient (Wildman–Crippen LogP) is 4.71. The van der Waals surface area contributed by atoms with Crippen LogP contribution >= 0.6 is 0 Å². The molecule has 2 rings (SSSR count). The maximum atomic E-state index is 14.1. The Bertz CT molecular complexity index is 762. The molecule has 0 spiro atoms. The molecule has 0 bridgehead atoms. The first-order valence-corrected chi connectivity index (χ1v) is 8.22. The van der Waals surface area contributed by atoms with Crippen molar-refractivity contribution in [2.75, 3.05) is 5.32 Å². The van der Waals surface area contributed by atoms with Crippen LogP contribution in [0.4, 0.5) is 10.1 Å². The van der Waals surface area contributed by atoms with E-state index in [1.54, 1.807) is 6.92 Å². The summed E-state index contributed by atoms with van der Waals surface area (Å²) >= 11 is 0. The highest BCUT2D eigenvalue weighted by Gasteiger charge is 2.21. The Morgan fingerprint density at radius 2 is 2.08 bits per heavy atom. The maximum Gasteiger partial charge on any atom is 0.262 e. The van der Waals surface area contributed by atoms with Crippen molar-refractivity contribution in [2.45, 2.75) is 40.0 Å². The number of hydrogen-bond acceptors (Lipinski definition) is 2. The molecule has 1 amide bonds. The molecule has 0 saturated heterocycles. The third-order valence-corrected chi connectivity index (χ3v) is 3.99. The lowest BCUT2D eigenvalue weighted by Gasteiger charge is -2.11. The first kappa shape index (κ1) is 17.9. The summed E-state index contributed by atoms with van der Waals surface area (Å²) < 4.78 is 15.1. The van der Waals surface area contributed by atoms with Crippen LogP contribution in [0.25, 0.3) is 5.57 Å². The molecule has 1 aromatic carbocycles. The first-order valence-electron chi connectivity index (χ1n) is 8.22. The van der Waals surface area contributed by atoms with Crippen LogP contribution in [0.5, 0.6) is 0 Å². The molecule has 1 N–H and O–H groups in total. The van der Waals surface area contributed by atoms with Crippen molar-refractivity contribution in [3.8, 4) is 0 Å². The van der Waals surface area contributed by atoms with Crippen LogP contribution in [-0.2, 0) is 7.05 Å². The Morgan fingerprint density at radius 3 is 2.71 bits per heavy atom. The number of aromatic nitrogens is 2. The summed E-state index contributed by atoms with van der Waals surface area (Å²) in [5.74, 6) is -1.11. The third kappa shape index (κ3) is 3.91. The van der Waals surface area contributed by atoms with Gasteiger partial charge in [0.1, 0.15) is 5.56 Å². The Balaban J connectivity index is 2.27. The number of carbonyl (C=O) groups is 1. The van der Waals surface area contributed by atoms with Crippen molar-refractivity contribution in [3.63, 3.8) is 0 Å². The SMILES string of the molecule is CCCC/C=C(\C)c1ccccc1NC(=O)c1c(C)nn(C)c1F. The van der Waals surface area contributed by atoms with E-state index in [-0.39, 0.29) is 5.56 Å². The van der Waals surface area contributed by atoms with Gasteiger partial charge in [0.15, 0.2) is 0 Å². The highest BCUT2D eigenvalue weighted by Crippen LogP contribution is 2.25. The summed E-state index contributed by atoms with van der Waals surface area (Å²) in [5.41, 5.74) is 3.09. The van der Waals surface area contributed by atoms with Gasteiger partial charge in [0.05, 0.1) is 5.69 Å². The predicted molar refractivity (Wildman–Crippen MR) is 95.5 cm³/mol. The molecule has 1 aromatic heterocycles. The van der Waals surface area contributed by atoms with Gasteiger partial charge in [-0.25, -0.2) is 4.68 Å². The number of anilines is 1. The van der Waals surface area contributed by atoms with E-state index < -0.39 is 11.9 Å². The number of hydrogen-bond donors (Lipinski definition) is 1. The zero-order valence-electron chi connectivity index (χ0n) is 14.7. The zero-order valence-corrected chi connectivity index (χ0v) is 14.7. The van der Waals surface area contributed by atoms with E-state index in [0.29, 0.717) is 11.4 Å². The third-order valence-electron chi connectivity index (χ3n) is 3.99. The largest absolute Gasteiger partial charge is 0.321 e. The van der Waals surface area contributed by atoms with E-state index in [1.165, 1.54) is 7.05 Å². The number of nitrogens with zero attached hydrogens (tertiary/aromatic N) is 2. The number of para-hydroxylation sites is 1. The number of allylic oxidation sites excluding steroid dienone is 2. The normalized spacial score (nSPS) is 11.6. The molecular formula is C19H24FN3O. The van der Waals surface area contributed by atoms with Gasteiger partial charge in [-0.05, 0) is 31.9 Å². The van der Waals surface area contributed by atoms with Crippen LogP contribution in [0.2, 0.25) is 0 Å². The second kappa shape index (κ2) is 7.90. The molecule has 24 heavy (non-hydrogen) atoms. The molecule has 0 unspecified atom stereocenters. The van der Waals surface area contributed by atoms with Crippen molar-refractivity contribution in [1.82, 2.24) is 9.78 Å². The van der Waals surface area contributed by atoms with E-state index in [0.717, 1.165) is 35.1 Å². The molecular weight excluding hydrogens is 305 g/mol. The summed E-state index contributed by atoms with van der Waals surface area (Å²) in [6.45, 7) is 5.80. The fraction of sp³-hybridized carbons (Fsp3) is 0.368. The van der Waals surface area contributed by atoms with E-state index >= 15 is 0 Å². The first-order chi connectivity index (χ1) is 11.5. The molecule has 0 saturated carbocycles. The van der Waals surface area contributed by atoms with Gasteiger partial charge >= 0.3 is 0 Å². The van der Waals surface area contributed by atoms with Gasteiger partial charge in [0.25, 0.3) is 5.91 Å². The topological polar surface area (TPSA) is 46.9 Å². The number of benzene rings is 1. The Labute approximate surface area is 142 Å². The number of aryl methyl sites for hydroxylation is 2. The summed E-state index contributed by atoms with van der Waals surface area (Å²) in [7, 11) is 1.48. The number of carbonyl (C=O) groups excluding carboxylic acids is 1. The molecule has 0 atom stereocenters. The van der Waals surface area contributed by atoms with Crippen LogP contribution in [-0.4, -0.2) is 15.7 Å². The maximum absolute atomic E-state index is 14.1. The Morgan fingerprint density at radius 1 is 1.38 bits per heavy atom. The molecule has 0 aliphatic carbocycles. The van der Waals surface area contributed by atoms with Crippen LogP contribution < -0.4 is 5.32 Å². The zero-order chi connectivity index (χ0) is 17.7.